The summed E-state index contributed by atoms with van der Waals surface area (Å²) in [5, 5.41) is 0.686. The van der Waals surface area contributed by atoms with Gasteiger partial charge in [-0.2, -0.15) is 0 Å². The van der Waals surface area contributed by atoms with Crippen LogP contribution in [0.5, 0.6) is 0 Å². The number of rotatable bonds is 3. The molecule has 0 aromatic heterocycles. The molecule has 1 fully saturated rings. The first kappa shape index (κ1) is 14.8. The lowest BCUT2D eigenvalue weighted by atomic mass is 10.1. The molecule has 19 heavy (non-hydrogen) atoms. The fraction of sp³-hybridized carbons (Fsp3) is 0.462. The monoisotopic (exact) mass is 346 g/mol. The Morgan fingerprint density at radius 1 is 1.63 bits per heavy atom. The molecule has 1 aromatic carbocycles. The van der Waals surface area contributed by atoms with Gasteiger partial charge in [0.05, 0.1) is 12.7 Å². The van der Waals surface area contributed by atoms with Crippen molar-refractivity contribution in [1.82, 2.24) is 4.90 Å². The summed E-state index contributed by atoms with van der Waals surface area (Å²) in [6, 6.07) is 5.27. The lowest BCUT2D eigenvalue weighted by Gasteiger charge is -2.38. The van der Waals surface area contributed by atoms with Crippen molar-refractivity contribution < 1.29 is 9.53 Å². The molecule has 104 valence electrons. The maximum Gasteiger partial charge on any atom is 0.237 e. The van der Waals surface area contributed by atoms with Crippen molar-refractivity contribution in [3.05, 3.63) is 33.3 Å². The third-order valence-corrected chi connectivity index (χ3v) is 4.13. The predicted molar refractivity (Wildman–Crippen MR) is 78.0 cm³/mol. The number of carbonyl (C=O) groups is 1. The van der Waals surface area contributed by atoms with E-state index < -0.39 is 6.04 Å². The van der Waals surface area contributed by atoms with Gasteiger partial charge in [0.1, 0.15) is 6.04 Å². The van der Waals surface area contributed by atoms with Gasteiger partial charge in [0.15, 0.2) is 0 Å². The van der Waals surface area contributed by atoms with Crippen LogP contribution < -0.4 is 5.73 Å². The van der Waals surface area contributed by atoms with Crippen LogP contribution in [0.2, 0.25) is 5.02 Å². The van der Waals surface area contributed by atoms with Gasteiger partial charge in [-0.3, -0.25) is 9.69 Å². The van der Waals surface area contributed by atoms with Crippen molar-refractivity contribution >= 4 is 33.4 Å². The van der Waals surface area contributed by atoms with Gasteiger partial charge < -0.3 is 10.5 Å². The van der Waals surface area contributed by atoms with E-state index in [-0.39, 0.29) is 12.0 Å². The van der Waals surface area contributed by atoms with E-state index in [2.05, 4.69) is 15.9 Å². The molecular weight excluding hydrogens is 332 g/mol. The molecule has 6 heteroatoms. The Labute approximate surface area is 126 Å². The highest BCUT2D eigenvalue weighted by Crippen LogP contribution is 2.25. The van der Waals surface area contributed by atoms with E-state index >= 15 is 0 Å². The second-order valence-corrected chi connectivity index (χ2v) is 5.95. The van der Waals surface area contributed by atoms with Crippen molar-refractivity contribution in [3.63, 3.8) is 0 Å². The van der Waals surface area contributed by atoms with Crippen molar-refractivity contribution in [2.24, 2.45) is 5.73 Å². The predicted octanol–water partition coefficient (Wildman–Crippen LogP) is 2.18. The first-order valence-corrected chi connectivity index (χ1v) is 7.25. The molecule has 1 saturated heterocycles. The first-order chi connectivity index (χ1) is 8.99. The number of morpholine rings is 1. The number of ether oxygens (including phenoxy) is 1. The van der Waals surface area contributed by atoms with Crippen LogP contribution in [0.4, 0.5) is 0 Å². The molecule has 0 unspecified atom stereocenters. The average Bonchev–Trinajstić information content (AvgIpc) is 2.33. The quantitative estimate of drug-likeness (QED) is 0.912. The second-order valence-electron chi connectivity index (χ2n) is 4.63. The van der Waals surface area contributed by atoms with Crippen molar-refractivity contribution in [1.29, 1.82) is 0 Å². The number of hydrogen-bond acceptors (Lipinski definition) is 3. The van der Waals surface area contributed by atoms with Gasteiger partial charge in [0.25, 0.3) is 0 Å². The van der Waals surface area contributed by atoms with Gasteiger partial charge in [-0.05, 0) is 30.7 Å². The summed E-state index contributed by atoms with van der Waals surface area (Å²) < 4.78 is 6.45. The molecule has 0 spiro atoms. The molecule has 4 nitrogen and oxygen atoms in total. The Morgan fingerprint density at radius 2 is 2.37 bits per heavy atom. The summed E-state index contributed by atoms with van der Waals surface area (Å²) in [7, 11) is 0. The van der Waals surface area contributed by atoms with E-state index in [1.165, 1.54) is 0 Å². The fourth-order valence-corrected chi connectivity index (χ4v) is 2.94. The Balaban J connectivity index is 2.20. The summed E-state index contributed by atoms with van der Waals surface area (Å²) in [4.78, 5) is 13.6. The van der Waals surface area contributed by atoms with Gasteiger partial charge in [0, 0.05) is 22.6 Å². The third kappa shape index (κ3) is 3.48. The topological polar surface area (TPSA) is 55.6 Å². The van der Waals surface area contributed by atoms with Crippen LogP contribution in [-0.2, 0) is 16.1 Å². The van der Waals surface area contributed by atoms with Crippen molar-refractivity contribution in [3.8, 4) is 0 Å². The zero-order chi connectivity index (χ0) is 14.0. The Hall–Kier alpha value is -0.620. The molecule has 1 aliphatic rings. The second kappa shape index (κ2) is 6.22. The van der Waals surface area contributed by atoms with Crippen LogP contribution in [0.25, 0.3) is 0 Å². The van der Waals surface area contributed by atoms with E-state index in [0.29, 0.717) is 24.7 Å². The van der Waals surface area contributed by atoms with Crippen LogP contribution in [-0.4, -0.2) is 36.1 Å². The maximum absolute atomic E-state index is 11.6. The van der Waals surface area contributed by atoms with E-state index in [1.54, 1.807) is 0 Å². The number of carbonyl (C=O) groups excluding carboxylic acids is 1. The molecule has 1 aliphatic heterocycles. The fourth-order valence-electron chi connectivity index (χ4n) is 2.35. The molecule has 2 rings (SSSR count). The highest BCUT2D eigenvalue weighted by atomic mass is 79.9. The number of amides is 1. The minimum atomic E-state index is -0.413. The van der Waals surface area contributed by atoms with Crippen LogP contribution in [0.15, 0.2) is 22.7 Å². The minimum Gasteiger partial charge on any atom is -0.375 e. The summed E-state index contributed by atoms with van der Waals surface area (Å²) in [5.74, 6) is -0.363. The summed E-state index contributed by atoms with van der Waals surface area (Å²) in [5.41, 5.74) is 6.44. The summed E-state index contributed by atoms with van der Waals surface area (Å²) in [6.45, 7) is 3.71. The number of hydrogen-bond donors (Lipinski definition) is 1. The molecule has 0 aliphatic carbocycles. The number of halogens is 2. The number of primary amides is 1. The summed E-state index contributed by atoms with van der Waals surface area (Å²) in [6.07, 6.45) is -0.197. The van der Waals surface area contributed by atoms with E-state index in [0.717, 1.165) is 10.0 Å². The average molecular weight is 348 g/mol. The van der Waals surface area contributed by atoms with E-state index in [9.17, 15) is 4.79 Å². The standard InChI is InChI=1S/C13H16BrClN2O2/c1-8-12(13(16)18)17(4-5-19-8)7-9-6-10(14)2-3-11(9)15/h2-3,6,8,12H,4-5,7H2,1H3,(H2,16,18)/t8-,12+/m1/s1. The molecule has 2 atom stereocenters. The zero-order valence-electron chi connectivity index (χ0n) is 10.6. The molecule has 1 amide bonds. The number of nitrogens with zero attached hydrogens (tertiary/aromatic N) is 1. The van der Waals surface area contributed by atoms with Gasteiger partial charge in [-0.1, -0.05) is 27.5 Å². The van der Waals surface area contributed by atoms with Gasteiger partial charge >= 0.3 is 0 Å². The Kier molecular flexibility index (Phi) is 4.84. The smallest absolute Gasteiger partial charge is 0.237 e. The molecule has 1 aromatic rings. The molecule has 0 bridgehead atoms. The van der Waals surface area contributed by atoms with Gasteiger partial charge in [0.2, 0.25) is 5.91 Å². The molecule has 0 radical (unpaired) electrons. The number of benzene rings is 1. The van der Waals surface area contributed by atoms with E-state index in [1.807, 2.05) is 30.0 Å². The lowest BCUT2D eigenvalue weighted by molar-refractivity contribution is -0.136. The molecule has 1 heterocycles. The third-order valence-electron chi connectivity index (χ3n) is 3.27. The van der Waals surface area contributed by atoms with Crippen LogP contribution in [0.1, 0.15) is 12.5 Å². The van der Waals surface area contributed by atoms with E-state index in [4.69, 9.17) is 22.1 Å². The SMILES string of the molecule is C[C@H]1OCCN(Cc2cc(Br)ccc2Cl)[C@@H]1C(N)=O. The molecular formula is C13H16BrClN2O2. The van der Waals surface area contributed by atoms with Gasteiger partial charge in [-0.25, -0.2) is 0 Å². The normalized spacial score (nSPS) is 24.4. The van der Waals surface area contributed by atoms with Crippen LogP contribution in [0, 0.1) is 0 Å². The number of nitrogens with two attached hydrogens (primary N) is 1. The molecule has 0 saturated carbocycles. The van der Waals surface area contributed by atoms with Crippen molar-refractivity contribution in [2.45, 2.75) is 25.6 Å². The minimum absolute atomic E-state index is 0.197. The van der Waals surface area contributed by atoms with Crippen LogP contribution >= 0.6 is 27.5 Å². The Morgan fingerprint density at radius 3 is 3.05 bits per heavy atom. The lowest BCUT2D eigenvalue weighted by Crippen LogP contribution is -2.56. The largest absolute Gasteiger partial charge is 0.375 e. The van der Waals surface area contributed by atoms with Gasteiger partial charge in [-0.15, -0.1) is 0 Å². The first-order valence-electron chi connectivity index (χ1n) is 6.08. The van der Waals surface area contributed by atoms with Crippen LogP contribution in [0.3, 0.4) is 0 Å². The summed E-state index contributed by atoms with van der Waals surface area (Å²) >= 11 is 9.61. The highest BCUT2D eigenvalue weighted by molar-refractivity contribution is 9.10. The van der Waals surface area contributed by atoms with Crippen molar-refractivity contribution in [2.75, 3.05) is 13.2 Å². The maximum atomic E-state index is 11.6. The Bertz CT molecular complexity index is 484. The molecule has 2 N–H and O–H groups in total. The zero-order valence-corrected chi connectivity index (χ0v) is 12.9. The highest BCUT2D eigenvalue weighted by Gasteiger charge is 2.33.